The monoisotopic (exact) mass is 224 g/mol. The number of allylic oxidation sites excluding steroid dienone is 1. The maximum absolute atomic E-state index is 12.5. The first kappa shape index (κ1) is 10.9. The van der Waals surface area contributed by atoms with Gasteiger partial charge in [-0.15, -0.1) is 10.3 Å². The molecule has 0 aromatic rings. The van der Waals surface area contributed by atoms with Crippen molar-refractivity contribution in [2.24, 2.45) is 5.10 Å². The lowest BCUT2D eigenvalue weighted by molar-refractivity contribution is 0.125. The minimum atomic E-state index is -4.02. The van der Waals surface area contributed by atoms with Gasteiger partial charge in [0, 0.05) is 12.6 Å². The molecule has 3 N–H and O–H groups in total. The number of rotatable bonds is 4. The highest BCUT2D eigenvalue weighted by molar-refractivity contribution is 7.85. The lowest BCUT2D eigenvalue weighted by atomic mass is 10.6. The van der Waals surface area contributed by atoms with Gasteiger partial charge in [-0.3, -0.25) is 4.55 Å². The Morgan fingerprint density at radius 3 is 3.00 bits per heavy atom. The van der Waals surface area contributed by atoms with E-state index in [0.717, 1.165) is 11.3 Å². The first-order valence-corrected chi connectivity index (χ1v) is 5.23. The molecular formula is C5H9FN4O3S. The maximum atomic E-state index is 12.5. The van der Waals surface area contributed by atoms with Crippen LogP contribution >= 0.6 is 0 Å². The van der Waals surface area contributed by atoms with Crippen LogP contribution in [0, 0.1) is 0 Å². The highest BCUT2D eigenvalue weighted by Crippen LogP contribution is 1.95. The second-order valence-corrected chi connectivity index (χ2v) is 3.97. The molecule has 0 amide bonds. The Hall–Kier alpha value is -1.19. The van der Waals surface area contributed by atoms with Crippen molar-refractivity contribution in [1.29, 1.82) is 0 Å². The topological polar surface area (TPSA) is 94.0 Å². The van der Waals surface area contributed by atoms with E-state index in [2.05, 4.69) is 16.0 Å². The smallest absolute Gasteiger partial charge is 0.266 e. The molecule has 1 heterocycles. The van der Waals surface area contributed by atoms with E-state index in [1.165, 1.54) is 6.21 Å². The fourth-order valence-electron chi connectivity index (χ4n) is 0.694. The van der Waals surface area contributed by atoms with Gasteiger partial charge in [-0.2, -0.15) is 18.2 Å². The van der Waals surface area contributed by atoms with Gasteiger partial charge in [-0.05, 0) is 0 Å². The number of hydrogen-bond donors (Lipinski definition) is 3. The molecule has 9 heteroatoms. The van der Waals surface area contributed by atoms with Crippen LogP contribution < -0.4 is 10.9 Å². The molecule has 1 aliphatic heterocycles. The average molecular weight is 224 g/mol. The van der Waals surface area contributed by atoms with Crippen molar-refractivity contribution in [3.63, 3.8) is 0 Å². The first-order valence-electron chi connectivity index (χ1n) is 3.62. The Morgan fingerprint density at radius 2 is 2.43 bits per heavy atom. The van der Waals surface area contributed by atoms with Crippen LogP contribution in [0.15, 0.2) is 17.1 Å². The number of halogens is 1. The summed E-state index contributed by atoms with van der Waals surface area (Å²) >= 11 is 0. The SMILES string of the molecule is O=S(=O)(O)CCNN1N=CC=C(F)N1. The highest BCUT2D eigenvalue weighted by Gasteiger charge is 2.08. The summed E-state index contributed by atoms with van der Waals surface area (Å²) in [6, 6.07) is 0. The summed E-state index contributed by atoms with van der Waals surface area (Å²) in [5.74, 6) is -1.11. The number of hydrazine groups is 2. The van der Waals surface area contributed by atoms with E-state index in [1.807, 2.05) is 0 Å². The van der Waals surface area contributed by atoms with E-state index >= 15 is 0 Å². The van der Waals surface area contributed by atoms with Crippen molar-refractivity contribution in [3.05, 3.63) is 12.0 Å². The van der Waals surface area contributed by atoms with Crippen LogP contribution in [-0.4, -0.2) is 36.7 Å². The quantitative estimate of drug-likeness (QED) is 0.418. The molecule has 0 fully saturated rings. The summed E-state index contributed by atoms with van der Waals surface area (Å²) in [6.45, 7) is -0.0869. The summed E-state index contributed by atoms with van der Waals surface area (Å²) in [5, 5.41) is 4.50. The van der Waals surface area contributed by atoms with Gasteiger partial charge in [0.25, 0.3) is 10.1 Å². The molecule has 0 saturated heterocycles. The molecule has 0 aromatic carbocycles. The van der Waals surface area contributed by atoms with Crippen LogP contribution in [0.5, 0.6) is 0 Å². The van der Waals surface area contributed by atoms with Gasteiger partial charge < -0.3 is 0 Å². The summed E-state index contributed by atoms with van der Waals surface area (Å²) in [6.07, 6.45) is 2.28. The molecule has 0 radical (unpaired) electrons. The van der Waals surface area contributed by atoms with E-state index in [0.29, 0.717) is 0 Å². The fraction of sp³-hybridized carbons (Fsp3) is 0.400. The number of hydrazone groups is 1. The second kappa shape index (κ2) is 4.35. The molecule has 7 nitrogen and oxygen atoms in total. The van der Waals surface area contributed by atoms with Gasteiger partial charge in [0.2, 0.25) is 5.95 Å². The zero-order chi connectivity index (χ0) is 10.6. The van der Waals surface area contributed by atoms with Crippen LogP contribution in [0.1, 0.15) is 0 Å². The Balaban J connectivity index is 2.27. The molecule has 0 atom stereocenters. The fourth-order valence-corrected chi connectivity index (χ4v) is 1.04. The van der Waals surface area contributed by atoms with E-state index in [-0.39, 0.29) is 6.54 Å². The molecule has 80 valence electrons. The third kappa shape index (κ3) is 4.16. The predicted octanol–water partition coefficient (Wildman–Crippen LogP) is -1.00. The predicted molar refractivity (Wildman–Crippen MR) is 47.1 cm³/mol. The van der Waals surface area contributed by atoms with E-state index in [1.54, 1.807) is 0 Å². The minimum Gasteiger partial charge on any atom is -0.286 e. The Bertz CT molecular complexity index is 352. The molecule has 0 spiro atoms. The Kier molecular flexibility index (Phi) is 3.38. The second-order valence-electron chi connectivity index (χ2n) is 2.40. The van der Waals surface area contributed by atoms with Crippen LogP contribution in [0.4, 0.5) is 4.39 Å². The van der Waals surface area contributed by atoms with Crippen molar-refractivity contribution in [3.8, 4) is 0 Å². The Labute approximate surface area is 80.0 Å². The summed E-state index contributed by atoms with van der Waals surface area (Å²) in [7, 11) is -4.02. The van der Waals surface area contributed by atoms with E-state index in [4.69, 9.17) is 4.55 Å². The van der Waals surface area contributed by atoms with Crippen molar-refractivity contribution in [2.75, 3.05) is 12.3 Å². The normalized spacial score (nSPS) is 16.4. The lowest BCUT2D eigenvalue weighted by Crippen LogP contribution is -2.46. The van der Waals surface area contributed by atoms with Gasteiger partial charge in [0.05, 0.1) is 12.0 Å². The molecule has 1 rings (SSSR count). The van der Waals surface area contributed by atoms with Crippen LogP contribution in [0.2, 0.25) is 0 Å². The third-order valence-corrected chi connectivity index (χ3v) is 1.96. The summed E-state index contributed by atoms with van der Waals surface area (Å²) in [5.41, 5.74) is 4.56. The zero-order valence-corrected chi connectivity index (χ0v) is 7.83. The first-order chi connectivity index (χ1) is 6.47. The van der Waals surface area contributed by atoms with Gasteiger partial charge in [0.1, 0.15) is 0 Å². The number of hydrogen-bond acceptors (Lipinski definition) is 6. The van der Waals surface area contributed by atoms with Crippen molar-refractivity contribution in [2.45, 2.75) is 0 Å². The molecule has 0 aliphatic carbocycles. The molecule has 0 saturated carbocycles. The van der Waals surface area contributed by atoms with E-state index in [9.17, 15) is 12.8 Å². The molecular weight excluding hydrogens is 215 g/mol. The standard InChI is InChI=1S/C5H9FN4O3S/c6-5-1-2-7-10(9-5)8-3-4-14(11,12)13/h1-2,8-9H,3-4H2,(H,11,12,13). The van der Waals surface area contributed by atoms with Crippen molar-refractivity contribution >= 4 is 16.3 Å². The van der Waals surface area contributed by atoms with E-state index < -0.39 is 21.8 Å². The average Bonchev–Trinajstić information content (AvgIpc) is 2.01. The van der Waals surface area contributed by atoms with Crippen molar-refractivity contribution in [1.82, 2.24) is 16.1 Å². The summed E-state index contributed by atoms with van der Waals surface area (Å²) in [4.78, 5) is 0. The van der Waals surface area contributed by atoms with Crippen molar-refractivity contribution < 1.29 is 17.4 Å². The molecule has 0 aromatic heterocycles. The lowest BCUT2D eigenvalue weighted by Gasteiger charge is -2.21. The Morgan fingerprint density at radius 1 is 1.71 bits per heavy atom. The highest BCUT2D eigenvalue weighted by atomic mass is 32.2. The van der Waals surface area contributed by atoms with Gasteiger partial charge in [-0.1, -0.05) is 0 Å². The van der Waals surface area contributed by atoms with Crippen LogP contribution in [0.25, 0.3) is 0 Å². The maximum Gasteiger partial charge on any atom is 0.266 e. The van der Waals surface area contributed by atoms with Crippen LogP contribution in [-0.2, 0) is 10.1 Å². The van der Waals surface area contributed by atoms with Gasteiger partial charge in [0.15, 0.2) is 0 Å². The minimum absolute atomic E-state index is 0.0869. The number of nitrogens with one attached hydrogen (secondary N) is 2. The molecule has 0 unspecified atom stereocenters. The molecule has 14 heavy (non-hydrogen) atoms. The van der Waals surface area contributed by atoms with Gasteiger partial charge >= 0.3 is 0 Å². The number of nitrogens with zero attached hydrogens (tertiary/aromatic N) is 2. The third-order valence-electron chi connectivity index (χ3n) is 1.24. The van der Waals surface area contributed by atoms with Crippen LogP contribution in [0.3, 0.4) is 0 Å². The zero-order valence-electron chi connectivity index (χ0n) is 7.01. The largest absolute Gasteiger partial charge is 0.286 e. The molecule has 1 aliphatic rings. The summed E-state index contributed by atoms with van der Waals surface area (Å²) < 4.78 is 41.5. The molecule has 0 bridgehead atoms. The van der Waals surface area contributed by atoms with Gasteiger partial charge in [-0.25, -0.2) is 5.43 Å².